The molecule has 2 rings (SSSR count). The molecule has 2 atom stereocenters. The molecule has 1 nitrogen and oxygen atoms in total. The van der Waals surface area contributed by atoms with Crippen LogP contribution in [0.2, 0.25) is 5.02 Å². The summed E-state index contributed by atoms with van der Waals surface area (Å²) in [7, 11) is 0. The SMILES string of the molecule is CC(C)[C@@H]1CCN(C(C)(C)C)[C@H]1c1ccc(Cl)c(F)c1. The van der Waals surface area contributed by atoms with Crippen molar-refractivity contribution in [2.24, 2.45) is 11.8 Å². The van der Waals surface area contributed by atoms with E-state index in [1.54, 1.807) is 12.1 Å². The molecule has 0 N–H and O–H groups in total. The van der Waals surface area contributed by atoms with Gasteiger partial charge in [-0.1, -0.05) is 31.5 Å². The van der Waals surface area contributed by atoms with Crippen LogP contribution in [-0.4, -0.2) is 17.0 Å². The first-order valence-corrected chi connectivity index (χ1v) is 7.81. The number of halogens is 2. The highest BCUT2D eigenvalue weighted by Gasteiger charge is 2.41. The van der Waals surface area contributed by atoms with Crippen molar-refractivity contribution in [1.29, 1.82) is 0 Å². The zero-order chi connectivity index (χ0) is 15.1. The normalized spacial score (nSPS) is 24.6. The second-order valence-electron chi connectivity index (χ2n) is 7.18. The third-order valence-corrected chi connectivity index (χ3v) is 4.75. The van der Waals surface area contributed by atoms with Crippen LogP contribution in [0.4, 0.5) is 4.39 Å². The average molecular weight is 298 g/mol. The van der Waals surface area contributed by atoms with Crippen LogP contribution in [0.3, 0.4) is 0 Å². The average Bonchev–Trinajstić information content (AvgIpc) is 2.77. The van der Waals surface area contributed by atoms with Gasteiger partial charge >= 0.3 is 0 Å². The van der Waals surface area contributed by atoms with Crippen molar-refractivity contribution in [3.8, 4) is 0 Å². The van der Waals surface area contributed by atoms with E-state index in [4.69, 9.17) is 11.6 Å². The first kappa shape index (κ1) is 15.8. The van der Waals surface area contributed by atoms with E-state index >= 15 is 0 Å². The Hall–Kier alpha value is -0.600. The number of hydrogen-bond donors (Lipinski definition) is 0. The molecule has 0 spiro atoms. The van der Waals surface area contributed by atoms with Gasteiger partial charge in [0.25, 0.3) is 0 Å². The minimum Gasteiger partial charge on any atom is -0.291 e. The minimum atomic E-state index is -0.313. The fourth-order valence-corrected chi connectivity index (χ4v) is 3.51. The van der Waals surface area contributed by atoms with Crippen molar-refractivity contribution < 1.29 is 4.39 Å². The second kappa shape index (κ2) is 5.65. The Labute approximate surface area is 127 Å². The molecule has 3 heteroatoms. The molecule has 0 unspecified atom stereocenters. The Balaban J connectivity index is 2.42. The summed E-state index contributed by atoms with van der Waals surface area (Å²) in [4.78, 5) is 2.50. The van der Waals surface area contributed by atoms with Gasteiger partial charge in [-0.25, -0.2) is 4.39 Å². The first-order chi connectivity index (χ1) is 9.21. The van der Waals surface area contributed by atoms with Gasteiger partial charge in [0.1, 0.15) is 5.82 Å². The number of nitrogens with zero attached hydrogens (tertiary/aromatic N) is 1. The molecular formula is C17H25ClFN. The quantitative estimate of drug-likeness (QED) is 0.716. The molecule has 0 saturated carbocycles. The van der Waals surface area contributed by atoms with Gasteiger partial charge in [-0.3, -0.25) is 4.90 Å². The number of likely N-dealkylation sites (tertiary alicyclic amines) is 1. The molecule has 1 aromatic carbocycles. The van der Waals surface area contributed by atoms with Crippen LogP contribution >= 0.6 is 11.6 Å². The van der Waals surface area contributed by atoms with Gasteiger partial charge in [0, 0.05) is 11.6 Å². The van der Waals surface area contributed by atoms with Crippen LogP contribution in [-0.2, 0) is 0 Å². The standard InChI is InChI=1S/C17H25ClFN/c1-11(2)13-8-9-20(17(3,4)5)16(13)12-6-7-14(18)15(19)10-12/h6-7,10-11,13,16H,8-9H2,1-5H3/t13-,16-/m0/s1. The number of hydrogen-bond acceptors (Lipinski definition) is 1. The van der Waals surface area contributed by atoms with Crippen molar-refractivity contribution in [2.45, 2.75) is 52.6 Å². The lowest BCUT2D eigenvalue weighted by Gasteiger charge is -2.39. The molecule has 0 aliphatic carbocycles. The summed E-state index contributed by atoms with van der Waals surface area (Å²) in [6.45, 7) is 12.3. The fraction of sp³-hybridized carbons (Fsp3) is 0.647. The van der Waals surface area contributed by atoms with E-state index in [0.717, 1.165) is 12.1 Å². The summed E-state index contributed by atoms with van der Waals surface area (Å²) in [6, 6.07) is 5.56. The lowest BCUT2D eigenvalue weighted by molar-refractivity contribution is 0.0979. The predicted molar refractivity (Wildman–Crippen MR) is 83.6 cm³/mol. The van der Waals surface area contributed by atoms with E-state index < -0.39 is 0 Å². The van der Waals surface area contributed by atoms with E-state index in [-0.39, 0.29) is 22.4 Å². The smallest absolute Gasteiger partial charge is 0.142 e. The molecule has 1 fully saturated rings. The Morgan fingerprint density at radius 2 is 1.95 bits per heavy atom. The predicted octanol–water partition coefficient (Wildman–Crippen LogP) is 5.30. The summed E-state index contributed by atoms with van der Waals surface area (Å²) in [5, 5.41) is 0.204. The van der Waals surface area contributed by atoms with Gasteiger partial charge in [-0.2, -0.15) is 0 Å². The highest BCUT2D eigenvalue weighted by atomic mass is 35.5. The van der Waals surface area contributed by atoms with Crippen LogP contribution in [0.15, 0.2) is 18.2 Å². The monoisotopic (exact) mass is 297 g/mol. The Bertz CT molecular complexity index is 478. The third-order valence-electron chi connectivity index (χ3n) is 4.45. The molecule has 1 aliphatic heterocycles. The zero-order valence-electron chi connectivity index (χ0n) is 13.1. The van der Waals surface area contributed by atoms with Crippen molar-refractivity contribution in [1.82, 2.24) is 4.90 Å². The van der Waals surface area contributed by atoms with Gasteiger partial charge in [0.2, 0.25) is 0 Å². The van der Waals surface area contributed by atoms with E-state index in [0.29, 0.717) is 11.8 Å². The van der Waals surface area contributed by atoms with Crippen LogP contribution in [0, 0.1) is 17.7 Å². The highest BCUT2D eigenvalue weighted by Crippen LogP contribution is 2.45. The summed E-state index contributed by atoms with van der Waals surface area (Å²) in [6.07, 6.45) is 1.17. The molecular weight excluding hydrogens is 273 g/mol. The van der Waals surface area contributed by atoms with Gasteiger partial charge in [-0.15, -0.1) is 0 Å². The number of rotatable bonds is 2. The summed E-state index contributed by atoms with van der Waals surface area (Å²) >= 11 is 5.82. The van der Waals surface area contributed by atoms with E-state index in [1.807, 2.05) is 6.07 Å². The first-order valence-electron chi connectivity index (χ1n) is 7.43. The van der Waals surface area contributed by atoms with Gasteiger partial charge in [-0.05, 0) is 63.3 Å². The van der Waals surface area contributed by atoms with Crippen LogP contribution in [0.5, 0.6) is 0 Å². The maximum absolute atomic E-state index is 13.8. The molecule has 1 aromatic rings. The van der Waals surface area contributed by atoms with Crippen molar-refractivity contribution in [3.63, 3.8) is 0 Å². The lowest BCUT2D eigenvalue weighted by Crippen LogP contribution is -2.42. The molecule has 0 amide bonds. The van der Waals surface area contributed by atoms with E-state index in [1.165, 1.54) is 6.42 Å². The molecule has 1 saturated heterocycles. The molecule has 1 aliphatic rings. The summed E-state index contributed by atoms with van der Waals surface area (Å²) in [5.74, 6) is 0.841. The molecule has 1 heterocycles. The summed E-state index contributed by atoms with van der Waals surface area (Å²) < 4.78 is 13.8. The topological polar surface area (TPSA) is 3.24 Å². The van der Waals surface area contributed by atoms with Crippen LogP contribution < -0.4 is 0 Å². The Morgan fingerprint density at radius 1 is 1.30 bits per heavy atom. The highest BCUT2D eigenvalue weighted by molar-refractivity contribution is 6.30. The van der Waals surface area contributed by atoms with Gasteiger partial charge in [0.15, 0.2) is 0 Å². The molecule has 112 valence electrons. The van der Waals surface area contributed by atoms with Crippen molar-refractivity contribution in [3.05, 3.63) is 34.6 Å². The maximum Gasteiger partial charge on any atom is 0.142 e. The zero-order valence-corrected chi connectivity index (χ0v) is 13.8. The Kier molecular flexibility index (Phi) is 4.46. The van der Waals surface area contributed by atoms with Gasteiger partial charge < -0.3 is 0 Å². The third kappa shape index (κ3) is 3.01. The van der Waals surface area contributed by atoms with E-state index in [9.17, 15) is 4.39 Å². The molecule has 0 bridgehead atoms. The summed E-state index contributed by atoms with van der Waals surface area (Å²) in [5.41, 5.74) is 1.14. The second-order valence-corrected chi connectivity index (χ2v) is 7.59. The van der Waals surface area contributed by atoms with Crippen molar-refractivity contribution >= 4 is 11.6 Å². The maximum atomic E-state index is 13.8. The number of benzene rings is 1. The van der Waals surface area contributed by atoms with Gasteiger partial charge in [0.05, 0.1) is 5.02 Å². The molecule has 0 radical (unpaired) electrons. The molecule has 0 aromatic heterocycles. The largest absolute Gasteiger partial charge is 0.291 e. The van der Waals surface area contributed by atoms with Crippen LogP contribution in [0.25, 0.3) is 0 Å². The minimum absolute atomic E-state index is 0.0877. The van der Waals surface area contributed by atoms with Crippen LogP contribution in [0.1, 0.15) is 52.6 Å². The molecule has 20 heavy (non-hydrogen) atoms. The lowest BCUT2D eigenvalue weighted by atomic mass is 9.84. The Morgan fingerprint density at radius 3 is 2.45 bits per heavy atom. The fourth-order valence-electron chi connectivity index (χ4n) is 3.39. The van der Waals surface area contributed by atoms with Crippen molar-refractivity contribution in [2.75, 3.05) is 6.54 Å². The van der Waals surface area contributed by atoms with E-state index in [2.05, 4.69) is 39.5 Å².